The van der Waals surface area contributed by atoms with E-state index in [0.717, 1.165) is 48.9 Å². The lowest BCUT2D eigenvalue weighted by Crippen LogP contribution is -2.25. The van der Waals surface area contributed by atoms with Crippen LogP contribution in [0.15, 0.2) is 6.20 Å². The van der Waals surface area contributed by atoms with Gasteiger partial charge in [0.15, 0.2) is 0 Å². The van der Waals surface area contributed by atoms with E-state index in [2.05, 4.69) is 40.7 Å². The summed E-state index contributed by atoms with van der Waals surface area (Å²) in [4.78, 5) is 11.2. The standard InChI is InChI=1S/C13H21N5.ClH/c1-5-8-12-15-10(4)11-9-14-13(16-18(11)12)17(6-2)7-3;/h9H,5-8H2,1-4H3;1H. The summed E-state index contributed by atoms with van der Waals surface area (Å²) in [7, 11) is 0. The Hall–Kier alpha value is -1.36. The third kappa shape index (κ3) is 2.97. The number of hydrogen-bond donors (Lipinski definition) is 0. The Morgan fingerprint density at radius 2 is 1.89 bits per heavy atom. The zero-order chi connectivity index (χ0) is 13.1. The molecule has 0 saturated carbocycles. The van der Waals surface area contributed by atoms with Gasteiger partial charge in [-0.1, -0.05) is 6.92 Å². The number of anilines is 1. The Bertz CT molecular complexity index is 533. The molecule has 2 rings (SSSR count). The van der Waals surface area contributed by atoms with Crippen molar-refractivity contribution in [1.29, 1.82) is 0 Å². The summed E-state index contributed by atoms with van der Waals surface area (Å²) in [5, 5.41) is 4.63. The predicted octanol–water partition coefficient (Wildman–Crippen LogP) is 2.65. The van der Waals surface area contributed by atoms with Gasteiger partial charge in [0.1, 0.15) is 11.3 Å². The highest BCUT2D eigenvalue weighted by Gasteiger charge is 2.12. The second-order valence-corrected chi connectivity index (χ2v) is 4.39. The van der Waals surface area contributed by atoms with E-state index in [4.69, 9.17) is 0 Å². The number of rotatable bonds is 5. The summed E-state index contributed by atoms with van der Waals surface area (Å²) >= 11 is 0. The van der Waals surface area contributed by atoms with Crippen molar-refractivity contribution >= 4 is 23.9 Å². The quantitative estimate of drug-likeness (QED) is 0.846. The molecule has 106 valence electrons. The molecule has 0 fully saturated rings. The summed E-state index contributed by atoms with van der Waals surface area (Å²) < 4.78 is 1.94. The van der Waals surface area contributed by atoms with Crippen LogP contribution in [0.5, 0.6) is 0 Å². The van der Waals surface area contributed by atoms with E-state index >= 15 is 0 Å². The number of fused-ring (bicyclic) bond motifs is 1. The van der Waals surface area contributed by atoms with Crippen molar-refractivity contribution in [2.75, 3.05) is 18.0 Å². The molecule has 0 unspecified atom stereocenters. The molecule has 2 aromatic rings. The molecule has 0 spiro atoms. The Morgan fingerprint density at radius 1 is 1.21 bits per heavy atom. The maximum absolute atomic E-state index is 4.63. The van der Waals surface area contributed by atoms with Crippen molar-refractivity contribution < 1.29 is 0 Å². The lowest BCUT2D eigenvalue weighted by atomic mass is 10.3. The number of imidazole rings is 1. The maximum atomic E-state index is 4.63. The van der Waals surface area contributed by atoms with Crippen LogP contribution in [0.3, 0.4) is 0 Å². The molecule has 0 aliphatic carbocycles. The minimum atomic E-state index is 0. The van der Waals surface area contributed by atoms with Gasteiger partial charge in [-0.25, -0.2) is 14.5 Å². The first-order chi connectivity index (χ1) is 8.71. The normalized spacial score (nSPS) is 10.5. The fourth-order valence-corrected chi connectivity index (χ4v) is 2.12. The highest BCUT2D eigenvalue weighted by molar-refractivity contribution is 5.85. The van der Waals surface area contributed by atoms with Crippen LogP contribution in [0.1, 0.15) is 38.7 Å². The molecule has 2 aromatic heterocycles. The van der Waals surface area contributed by atoms with Gasteiger partial charge in [-0.15, -0.1) is 17.5 Å². The van der Waals surface area contributed by atoms with Gasteiger partial charge in [-0.2, -0.15) is 0 Å². The highest BCUT2D eigenvalue weighted by atomic mass is 35.5. The minimum Gasteiger partial charge on any atom is -0.340 e. The van der Waals surface area contributed by atoms with Crippen LogP contribution in [-0.4, -0.2) is 32.7 Å². The summed E-state index contributed by atoms with van der Waals surface area (Å²) in [6.45, 7) is 10.2. The highest BCUT2D eigenvalue weighted by Crippen LogP contribution is 2.14. The largest absolute Gasteiger partial charge is 0.340 e. The molecule has 0 aromatic carbocycles. The summed E-state index contributed by atoms with van der Waals surface area (Å²) in [5.74, 6) is 1.81. The van der Waals surface area contributed by atoms with E-state index < -0.39 is 0 Å². The van der Waals surface area contributed by atoms with E-state index in [1.807, 2.05) is 17.6 Å². The topological polar surface area (TPSA) is 46.3 Å². The van der Waals surface area contributed by atoms with Crippen LogP contribution in [0.25, 0.3) is 5.52 Å². The zero-order valence-electron chi connectivity index (χ0n) is 12.1. The van der Waals surface area contributed by atoms with Gasteiger partial charge in [0.05, 0.1) is 11.9 Å². The SMILES string of the molecule is CCCc1nc(C)c2cnc(N(CC)CC)nn12.Cl. The molecule has 6 heteroatoms. The molecule has 0 aliphatic heterocycles. The average Bonchev–Trinajstić information content (AvgIpc) is 2.68. The van der Waals surface area contributed by atoms with Crippen molar-refractivity contribution in [2.45, 2.75) is 40.5 Å². The van der Waals surface area contributed by atoms with Crippen molar-refractivity contribution in [1.82, 2.24) is 19.6 Å². The first kappa shape index (κ1) is 15.7. The Balaban J connectivity index is 0.00000180. The monoisotopic (exact) mass is 283 g/mol. The molecule has 19 heavy (non-hydrogen) atoms. The first-order valence-corrected chi connectivity index (χ1v) is 6.67. The number of nitrogens with zero attached hydrogens (tertiary/aromatic N) is 5. The second kappa shape index (κ2) is 6.70. The molecule has 0 aliphatic rings. The Kier molecular flexibility index (Phi) is 5.54. The fourth-order valence-electron chi connectivity index (χ4n) is 2.12. The number of halogens is 1. The number of aromatic nitrogens is 4. The van der Waals surface area contributed by atoms with E-state index in [9.17, 15) is 0 Å². The van der Waals surface area contributed by atoms with Crippen molar-refractivity contribution in [3.63, 3.8) is 0 Å². The zero-order valence-corrected chi connectivity index (χ0v) is 12.9. The van der Waals surface area contributed by atoms with Gasteiger partial charge in [-0.3, -0.25) is 0 Å². The van der Waals surface area contributed by atoms with Gasteiger partial charge in [0.2, 0.25) is 5.95 Å². The van der Waals surface area contributed by atoms with Crippen LogP contribution >= 0.6 is 12.4 Å². The van der Waals surface area contributed by atoms with Gasteiger partial charge in [0, 0.05) is 19.5 Å². The molecule has 0 radical (unpaired) electrons. The predicted molar refractivity (Wildman–Crippen MR) is 80.3 cm³/mol. The van der Waals surface area contributed by atoms with Gasteiger partial charge in [0.25, 0.3) is 0 Å². The summed E-state index contributed by atoms with van der Waals surface area (Å²) in [6, 6.07) is 0. The average molecular weight is 284 g/mol. The smallest absolute Gasteiger partial charge is 0.243 e. The van der Waals surface area contributed by atoms with Gasteiger partial charge < -0.3 is 4.90 Å². The van der Waals surface area contributed by atoms with E-state index in [1.54, 1.807) is 0 Å². The number of aryl methyl sites for hydroxylation is 2. The van der Waals surface area contributed by atoms with E-state index in [0.29, 0.717) is 0 Å². The Morgan fingerprint density at radius 3 is 2.47 bits per heavy atom. The van der Waals surface area contributed by atoms with Gasteiger partial charge in [-0.05, 0) is 27.2 Å². The number of hydrogen-bond acceptors (Lipinski definition) is 4. The molecule has 0 amide bonds. The Labute approximate surface area is 120 Å². The summed E-state index contributed by atoms with van der Waals surface area (Å²) in [6.07, 6.45) is 3.90. The third-order valence-corrected chi connectivity index (χ3v) is 3.15. The molecule has 0 atom stereocenters. The van der Waals surface area contributed by atoms with Crippen LogP contribution in [-0.2, 0) is 6.42 Å². The lowest BCUT2D eigenvalue weighted by Gasteiger charge is -2.18. The second-order valence-electron chi connectivity index (χ2n) is 4.39. The third-order valence-electron chi connectivity index (χ3n) is 3.15. The van der Waals surface area contributed by atoms with Crippen molar-refractivity contribution in [2.24, 2.45) is 0 Å². The minimum absolute atomic E-state index is 0. The molecule has 0 N–H and O–H groups in total. The fraction of sp³-hybridized carbons (Fsp3) is 0.615. The molecular weight excluding hydrogens is 262 g/mol. The van der Waals surface area contributed by atoms with E-state index in [-0.39, 0.29) is 12.4 Å². The molecule has 2 heterocycles. The van der Waals surface area contributed by atoms with Crippen molar-refractivity contribution in [3.8, 4) is 0 Å². The molecular formula is C13H22ClN5. The lowest BCUT2D eigenvalue weighted by molar-refractivity contribution is 0.735. The van der Waals surface area contributed by atoms with E-state index in [1.165, 1.54) is 0 Å². The molecule has 5 nitrogen and oxygen atoms in total. The van der Waals surface area contributed by atoms with Crippen LogP contribution in [0.4, 0.5) is 5.95 Å². The molecule has 0 bridgehead atoms. The van der Waals surface area contributed by atoms with Crippen LogP contribution in [0.2, 0.25) is 0 Å². The summed E-state index contributed by atoms with van der Waals surface area (Å²) in [5.41, 5.74) is 2.01. The van der Waals surface area contributed by atoms with Crippen LogP contribution in [0, 0.1) is 6.92 Å². The first-order valence-electron chi connectivity index (χ1n) is 6.67. The van der Waals surface area contributed by atoms with Gasteiger partial charge >= 0.3 is 0 Å². The molecule has 0 saturated heterocycles. The van der Waals surface area contributed by atoms with Crippen molar-refractivity contribution in [3.05, 3.63) is 17.7 Å². The van der Waals surface area contributed by atoms with Crippen LogP contribution < -0.4 is 4.90 Å². The maximum Gasteiger partial charge on any atom is 0.243 e.